The Kier molecular flexibility index (Phi) is 6.48. The monoisotopic (exact) mass is 431 g/mol. The van der Waals surface area contributed by atoms with Gasteiger partial charge in [-0.25, -0.2) is 4.39 Å². The zero-order chi connectivity index (χ0) is 20.7. The summed E-state index contributed by atoms with van der Waals surface area (Å²) in [6, 6.07) is 7.55. The van der Waals surface area contributed by atoms with Gasteiger partial charge in [0.2, 0.25) is 11.8 Å². The van der Waals surface area contributed by atoms with Gasteiger partial charge in [-0.1, -0.05) is 23.8 Å². The van der Waals surface area contributed by atoms with Crippen LogP contribution in [-0.4, -0.2) is 24.9 Å². The summed E-state index contributed by atoms with van der Waals surface area (Å²) in [6.45, 7) is 7.66. The van der Waals surface area contributed by atoms with E-state index >= 15 is 0 Å². The number of nitrogens with zero attached hydrogens (tertiary/aromatic N) is 1. The van der Waals surface area contributed by atoms with E-state index in [1.54, 1.807) is 11.0 Å². The summed E-state index contributed by atoms with van der Waals surface area (Å²) >= 11 is 0. The molecule has 2 aliphatic rings. The van der Waals surface area contributed by atoms with Crippen LogP contribution in [0.1, 0.15) is 34.2 Å². The zero-order valence-electron chi connectivity index (χ0n) is 17.5. The van der Waals surface area contributed by atoms with Crippen LogP contribution in [-0.2, 0) is 22.6 Å². The molecule has 2 N–H and O–H groups in total. The first-order valence-electron chi connectivity index (χ1n) is 10.0. The van der Waals surface area contributed by atoms with E-state index in [0.717, 1.165) is 34.5 Å². The van der Waals surface area contributed by atoms with Crippen LogP contribution >= 0.6 is 12.4 Å². The lowest BCUT2D eigenvalue weighted by Crippen LogP contribution is -2.30. The summed E-state index contributed by atoms with van der Waals surface area (Å²) in [5.41, 5.74) is 5.85. The minimum atomic E-state index is -0.500. The summed E-state index contributed by atoms with van der Waals surface area (Å²) in [5.74, 6) is -1.24. The number of halogens is 2. The third-order valence-electron chi connectivity index (χ3n) is 5.87. The van der Waals surface area contributed by atoms with Crippen LogP contribution in [0.4, 0.5) is 15.8 Å². The molecule has 30 heavy (non-hydrogen) atoms. The van der Waals surface area contributed by atoms with Crippen LogP contribution in [0.5, 0.6) is 0 Å². The number of carbonyl (C=O) groups excluding carboxylic acids is 2. The molecule has 0 bridgehead atoms. The molecule has 4 rings (SSSR count). The van der Waals surface area contributed by atoms with E-state index in [-0.39, 0.29) is 42.1 Å². The van der Waals surface area contributed by atoms with Crippen molar-refractivity contribution in [1.29, 1.82) is 0 Å². The number of aryl methyl sites for hydroxylation is 3. The maximum absolute atomic E-state index is 14.8. The van der Waals surface area contributed by atoms with E-state index < -0.39 is 5.92 Å². The Bertz CT molecular complexity index is 985. The normalized spacial score (nSPS) is 18.1. The number of carbonyl (C=O) groups is 2. The molecule has 2 heterocycles. The van der Waals surface area contributed by atoms with Crippen molar-refractivity contribution in [3.05, 3.63) is 57.9 Å². The third-order valence-corrected chi connectivity index (χ3v) is 5.87. The molecule has 2 aliphatic heterocycles. The summed E-state index contributed by atoms with van der Waals surface area (Å²) < 4.78 is 14.8. The molecular formula is C23H27ClFN3O2. The lowest BCUT2D eigenvalue weighted by molar-refractivity contribution is -0.122. The van der Waals surface area contributed by atoms with Crippen LogP contribution in [0.25, 0.3) is 0 Å². The summed E-state index contributed by atoms with van der Waals surface area (Å²) in [6.07, 6.45) is 0.738. The van der Waals surface area contributed by atoms with Gasteiger partial charge in [0.15, 0.2) is 0 Å². The average molecular weight is 432 g/mol. The van der Waals surface area contributed by atoms with Gasteiger partial charge >= 0.3 is 0 Å². The lowest BCUT2D eigenvalue weighted by Gasteiger charge is -2.22. The Morgan fingerprint density at radius 3 is 2.60 bits per heavy atom. The van der Waals surface area contributed by atoms with Crippen LogP contribution in [0.3, 0.4) is 0 Å². The molecule has 2 aromatic carbocycles. The molecule has 7 heteroatoms. The molecule has 2 amide bonds. The van der Waals surface area contributed by atoms with E-state index in [4.69, 9.17) is 0 Å². The molecule has 1 unspecified atom stereocenters. The van der Waals surface area contributed by atoms with Gasteiger partial charge in [-0.15, -0.1) is 12.4 Å². The summed E-state index contributed by atoms with van der Waals surface area (Å²) in [4.78, 5) is 27.2. The van der Waals surface area contributed by atoms with Crippen molar-refractivity contribution in [2.45, 2.75) is 40.2 Å². The number of hydrogen-bond donors (Lipinski definition) is 2. The van der Waals surface area contributed by atoms with Crippen molar-refractivity contribution >= 4 is 35.6 Å². The Labute approximate surface area is 182 Å². The third kappa shape index (κ3) is 4.07. The van der Waals surface area contributed by atoms with Crippen LogP contribution in [0.2, 0.25) is 0 Å². The van der Waals surface area contributed by atoms with Gasteiger partial charge in [0, 0.05) is 25.2 Å². The minimum absolute atomic E-state index is 0. The van der Waals surface area contributed by atoms with Gasteiger partial charge < -0.3 is 15.5 Å². The van der Waals surface area contributed by atoms with Crippen LogP contribution in [0, 0.1) is 32.5 Å². The van der Waals surface area contributed by atoms with Gasteiger partial charge in [0.25, 0.3) is 0 Å². The molecule has 1 atom stereocenters. The van der Waals surface area contributed by atoms with Crippen molar-refractivity contribution < 1.29 is 14.0 Å². The summed E-state index contributed by atoms with van der Waals surface area (Å²) in [7, 11) is 0. The predicted molar refractivity (Wildman–Crippen MR) is 119 cm³/mol. The van der Waals surface area contributed by atoms with E-state index in [9.17, 15) is 14.0 Å². The van der Waals surface area contributed by atoms with Crippen molar-refractivity contribution in [1.82, 2.24) is 5.32 Å². The molecule has 1 fully saturated rings. The number of rotatable bonds is 3. The second kappa shape index (κ2) is 8.74. The lowest BCUT2D eigenvalue weighted by atomic mass is 9.99. The molecule has 0 aromatic heterocycles. The van der Waals surface area contributed by atoms with Gasteiger partial charge in [-0.3, -0.25) is 9.59 Å². The first-order chi connectivity index (χ1) is 13.8. The number of amides is 2. The minimum Gasteiger partial charge on any atom is -0.323 e. The first kappa shape index (κ1) is 22.2. The van der Waals surface area contributed by atoms with E-state index in [1.165, 1.54) is 0 Å². The molecule has 1 saturated heterocycles. The number of benzene rings is 2. The fraction of sp³-hybridized carbons (Fsp3) is 0.391. The molecule has 2 aromatic rings. The van der Waals surface area contributed by atoms with E-state index in [1.807, 2.05) is 39.0 Å². The SMILES string of the molecule is Cc1cc(C)c(N2CC(C(=O)Nc3ccc4c(c3F)CCNC4)CC2=O)c(C)c1.Cl. The van der Waals surface area contributed by atoms with Gasteiger partial charge in [0.05, 0.1) is 11.6 Å². The Balaban J connectivity index is 0.00000256. The fourth-order valence-corrected chi connectivity index (χ4v) is 4.56. The number of hydrogen-bond acceptors (Lipinski definition) is 3. The molecular weight excluding hydrogens is 405 g/mol. The van der Waals surface area contributed by atoms with Crippen LogP contribution < -0.4 is 15.5 Å². The molecule has 0 radical (unpaired) electrons. The standard InChI is InChI=1S/C23H26FN3O2.ClH/c1-13-8-14(2)22(15(3)9-13)27-12-17(10-20(27)28)23(29)26-19-5-4-16-11-25-7-6-18(16)21(19)24;/h4-5,8-9,17,25H,6-7,10-12H2,1-3H3,(H,26,29);1H. The van der Waals surface area contributed by atoms with Gasteiger partial charge in [-0.2, -0.15) is 0 Å². The Morgan fingerprint density at radius 1 is 1.20 bits per heavy atom. The Morgan fingerprint density at radius 2 is 1.90 bits per heavy atom. The second-order valence-corrected chi connectivity index (χ2v) is 8.13. The van der Waals surface area contributed by atoms with E-state index in [0.29, 0.717) is 25.1 Å². The van der Waals surface area contributed by atoms with Crippen molar-refractivity contribution in [3.63, 3.8) is 0 Å². The second-order valence-electron chi connectivity index (χ2n) is 8.13. The van der Waals surface area contributed by atoms with Gasteiger partial charge in [-0.05, 0) is 62.1 Å². The quantitative estimate of drug-likeness (QED) is 0.776. The highest BCUT2D eigenvalue weighted by molar-refractivity contribution is 6.04. The maximum atomic E-state index is 14.8. The van der Waals surface area contributed by atoms with Crippen molar-refractivity contribution in [3.8, 4) is 0 Å². The fourth-order valence-electron chi connectivity index (χ4n) is 4.56. The van der Waals surface area contributed by atoms with Crippen LogP contribution in [0.15, 0.2) is 24.3 Å². The molecule has 0 spiro atoms. The smallest absolute Gasteiger partial charge is 0.229 e. The highest BCUT2D eigenvalue weighted by Gasteiger charge is 2.36. The largest absolute Gasteiger partial charge is 0.323 e. The molecule has 0 saturated carbocycles. The number of nitrogens with one attached hydrogen (secondary N) is 2. The van der Waals surface area contributed by atoms with Crippen molar-refractivity contribution in [2.24, 2.45) is 5.92 Å². The molecule has 5 nitrogen and oxygen atoms in total. The van der Waals surface area contributed by atoms with E-state index in [2.05, 4.69) is 10.6 Å². The molecule has 160 valence electrons. The number of anilines is 2. The topological polar surface area (TPSA) is 61.4 Å². The highest BCUT2D eigenvalue weighted by Crippen LogP contribution is 2.33. The van der Waals surface area contributed by atoms with Crippen molar-refractivity contribution in [2.75, 3.05) is 23.3 Å². The van der Waals surface area contributed by atoms with Gasteiger partial charge in [0.1, 0.15) is 5.82 Å². The predicted octanol–water partition coefficient (Wildman–Crippen LogP) is 3.81. The average Bonchev–Trinajstić information content (AvgIpc) is 3.05. The number of fused-ring (bicyclic) bond motifs is 1. The highest BCUT2D eigenvalue weighted by atomic mass is 35.5. The molecule has 0 aliphatic carbocycles. The first-order valence-corrected chi connectivity index (χ1v) is 10.0. The zero-order valence-corrected chi connectivity index (χ0v) is 18.3. The summed E-state index contributed by atoms with van der Waals surface area (Å²) in [5, 5.41) is 5.93. The maximum Gasteiger partial charge on any atom is 0.229 e. The Hall–Kier alpha value is -2.44.